The van der Waals surface area contributed by atoms with E-state index in [1.807, 2.05) is 24.3 Å². The van der Waals surface area contributed by atoms with E-state index in [4.69, 9.17) is 0 Å². The molecular formula is C20H18FNOS2. The summed E-state index contributed by atoms with van der Waals surface area (Å²) in [5.74, 6) is 0.483. The fraction of sp³-hybridized carbons (Fsp3) is 0.150. The second kappa shape index (κ2) is 8.83. The minimum absolute atomic E-state index is 0.121. The molecule has 0 spiro atoms. The molecular weight excluding hydrogens is 353 g/mol. The first kappa shape index (κ1) is 17.7. The number of halogens is 1. The Balaban J connectivity index is 1.59. The topological polar surface area (TPSA) is 29.1 Å². The monoisotopic (exact) mass is 371 g/mol. The summed E-state index contributed by atoms with van der Waals surface area (Å²) in [5.41, 5.74) is 2.53. The minimum atomic E-state index is -0.233. The van der Waals surface area contributed by atoms with Crippen LogP contribution in [-0.4, -0.2) is 12.5 Å². The van der Waals surface area contributed by atoms with Crippen molar-refractivity contribution in [3.05, 3.63) is 87.9 Å². The van der Waals surface area contributed by atoms with E-state index >= 15 is 0 Å². The molecule has 0 bridgehead atoms. The van der Waals surface area contributed by atoms with Gasteiger partial charge in [0.2, 0.25) is 0 Å². The maximum atomic E-state index is 13.6. The first-order chi connectivity index (χ1) is 12.2. The Morgan fingerprint density at radius 1 is 1.08 bits per heavy atom. The molecule has 0 saturated heterocycles. The second-order valence-corrected chi connectivity index (χ2v) is 7.31. The number of amides is 1. The highest BCUT2D eigenvalue weighted by Crippen LogP contribution is 2.27. The van der Waals surface area contributed by atoms with Gasteiger partial charge >= 0.3 is 0 Å². The van der Waals surface area contributed by atoms with Gasteiger partial charge in [-0.05, 0) is 52.6 Å². The number of hydrogen-bond donors (Lipinski definition) is 1. The molecule has 0 atom stereocenters. The van der Waals surface area contributed by atoms with Crippen LogP contribution in [0.25, 0.3) is 0 Å². The molecule has 0 fully saturated rings. The quantitative estimate of drug-likeness (QED) is 0.582. The lowest BCUT2D eigenvalue weighted by atomic mass is 10.1. The average Bonchev–Trinajstić information content (AvgIpc) is 3.15. The van der Waals surface area contributed by atoms with Gasteiger partial charge in [0, 0.05) is 17.2 Å². The van der Waals surface area contributed by atoms with Crippen LogP contribution in [0.2, 0.25) is 0 Å². The number of carbonyl (C=O) groups is 1. The zero-order valence-electron chi connectivity index (χ0n) is 13.6. The first-order valence-electron chi connectivity index (χ1n) is 7.98. The summed E-state index contributed by atoms with van der Waals surface area (Å²) in [6.45, 7) is 0.406. The van der Waals surface area contributed by atoms with Gasteiger partial charge < -0.3 is 5.32 Å². The van der Waals surface area contributed by atoms with Crippen LogP contribution in [-0.2, 0) is 12.2 Å². The molecule has 1 N–H and O–H groups in total. The van der Waals surface area contributed by atoms with Gasteiger partial charge in [0.15, 0.2) is 0 Å². The molecule has 2 nitrogen and oxygen atoms in total. The smallest absolute Gasteiger partial charge is 0.252 e. The number of thioether (sulfide) groups is 1. The van der Waals surface area contributed by atoms with Gasteiger partial charge in [0.1, 0.15) is 5.82 Å². The standard InChI is InChI=1S/C20H18FNOS2/c21-18-7-3-1-5-16(18)9-11-22-20(23)17-6-2-4-8-19(17)25-14-15-10-12-24-13-15/h1-8,10,12-13H,9,11,14H2,(H,22,23). The summed E-state index contributed by atoms with van der Waals surface area (Å²) in [6.07, 6.45) is 0.475. The maximum absolute atomic E-state index is 13.6. The summed E-state index contributed by atoms with van der Waals surface area (Å²) in [5, 5.41) is 7.06. The molecule has 0 aliphatic carbocycles. The van der Waals surface area contributed by atoms with Crippen molar-refractivity contribution in [2.75, 3.05) is 6.54 Å². The highest BCUT2D eigenvalue weighted by Gasteiger charge is 2.11. The fourth-order valence-electron chi connectivity index (χ4n) is 2.42. The summed E-state index contributed by atoms with van der Waals surface area (Å²) < 4.78 is 13.6. The molecule has 3 aromatic rings. The van der Waals surface area contributed by atoms with Crippen LogP contribution in [0, 0.1) is 5.82 Å². The van der Waals surface area contributed by atoms with Gasteiger partial charge in [0.05, 0.1) is 5.56 Å². The van der Waals surface area contributed by atoms with Crippen molar-refractivity contribution in [3.63, 3.8) is 0 Å². The van der Waals surface area contributed by atoms with Crippen molar-refractivity contribution in [2.45, 2.75) is 17.1 Å². The van der Waals surface area contributed by atoms with Crippen LogP contribution in [0.1, 0.15) is 21.5 Å². The van der Waals surface area contributed by atoms with E-state index in [-0.39, 0.29) is 11.7 Å². The van der Waals surface area contributed by atoms with E-state index in [1.165, 1.54) is 11.6 Å². The van der Waals surface area contributed by atoms with Gasteiger partial charge in [0.25, 0.3) is 5.91 Å². The second-order valence-electron chi connectivity index (χ2n) is 5.51. The lowest BCUT2D eigenvalue weighted by Gasteiger charge is -2.10. The number of thiophene rings is 1. The van der Waals surface area contributed by atoms with Crippen LogP contribution in [0.3, 0.4) is 0 Å². The zero-order valence-corrected chi connectivity index (χ0v) is 15.2. The van der Waals surface area contributed by atoms with E-state index in [9.17, 15) is 9.18 Å². The molecule has 0 saturated carbocycles. The predicted octanol–water partition coefficient (Wildman–Crippen LogP) is 5.15. The average molecular weight is 372 g/mol. The normalized spacial score (nSPS) is 10.6. The third kappa shape index (κ3) is 4.94. The van der Waals surface area contributed by atoms with E-state index < -0.39 is 0 Å². The molecule has 2 aromatic carbocycles. The van der Waals surface area contributed by atoms with Crippen LogP contribution in [0.5, 0.6) is 0 Å². The highest BCUT2D eigenvalue weighted by atomic mass is 32.2. The van der Waals surface area contributed by atoms with Crippen molar-refractivity contribution >= 4 is 29.0 Å². The molecule has 5 heteroatoms. The third-order valence-electron chi connectivity index (χ3n) is 3.74. The summed E-state index contributed by atoms with van der Waals surface area (Å²) in [7, 11) is 0. The molecule has 1 aromatic heterocycles. The van der Waals surface area contributed by atoms with E-state index in [2.05, 4.69) is 22.1 Å². The molecule has 0 aliphatic heterocycles. The van der Waals surface area contributed by atoms with Gasteiger partial charge in [-0.15, -0.1) is 11.8 Å². The van der Waals surface area contributed by atoms with Crippen molar-refractivity contribution in [1.29, 1.82) is 0 Å². The van der Waals surface area contributed by atoms with Crippen LogP contribution >= 0.6 is 23.1 Å². The summed E-state index contributed by atoms with van der Waals surface area (Å²) in [4.78, 5) is 13.4. The van der Waals surface area contributed by atoms with Gasteiger partial charge in [-0.2, -0.15) is 11.3 Å². The van der Waals surface area contributed by atoms with Crippen molar-refractivity contribution in [3.8, 4) is 0 Å². The summed E-state index contributed by atoms with van der Waals surface area (Å²) in [6, 6.07) is 16.3. The Morgan fingerprint density at radius 2 is 1.88 bits per heavy atom. The molecule has 0 aliphatic rings. The molecule has 1 amide bonds. The zero-order chi connectivity index (χ0) is 17.5. The van der Waals surface area contributed by atoms with E-state index in [1.54, 1.807) is 41.3 Å². The number of hydrogen-bond acceptors (Lipinski definition) is 3. The number of carbonyl (C=O) groups excluding carboxylic acids is 1. The lowest BCUT2D eigenvalue weighted by molar-refractivity contribution is 0.0951. The Hall–Kier alpha value is -2.11. The van der Waals surface area contributed by atoms with Crippen molar-refractivity contribution < 1.29 is 9.18 Å². The van der Waals surface area contributed by atoms with Crippen LogP contribution in [0.4, 0.5) is 4.39 Å². The highest BCUT2D eigenvalue weighted by molar-refractivity contribution is 7.98. The Kier molecular flexibility index (Phi) is 6.25. The maximum Gasteiger partial charge on any atom is 0.252 e. The van der Waals surface area contributed by atoms with E-state index in [0.717, 1.165) is 10.6 Å². The fourth-order valence-corrected chi connectivity index (χ4v) is 4.19. The number of benzene rings is 2. The number of nitrogens with one attached hydrogen (secondary N) is 1. The van der Waals surface area contributed by atoms with Crippen LogP contribution < -0.4 is 5.32 Å². The Morgan fingerprint density at radius 3 is 2.68 bits per heavy atom. The summed E-state index contributed by atoms with van der Waals surface area (Å²) >= 11 is 3.32. The van der Waals surface area contributed by atoms with Crippen LogP contribution in [0.15, 0.2) is 70.3 Å². The van der Waals surface area contributed by atoms with Gasteiger partial charge in [-0.1, -0.05) is 30.3 Å². The van der Waals surface area contributed by atoms with Gasteiger partial charge in [-0.25, -0.2) is 4.39 Å². The van der Waals surface area contributed by atoms with Crippen molar-refractivity contribution in [1.82, 2.24) is 5.32 Å². The molecule has 0 radical (unpaired) electrons. The van der Waals surface area contributed by atoms with Gasteiger partial charge in [-0.3, -0.25) is 4.79 Å². The first-order valence-corrected chi connectivity index (χ1v) is 9.91. The Bertz CT molecular complexity index is 833. The molecule has 1 heterocycles. The predicted molar refractivity (Wildman–Crippen MR) is 103 cm³/mol. The lowest BCUT2D eigenvalue weighted by Crippen LogP contribution is -2.26. The largest absolute Gasteiger partial charge is 0.352 e. The van der Waals surface area contributed by atoms with E-state index in [0.29, 0.717) is 24.1 Å². The SMILES string of the molecule is O=C(NCCc1ccccc1F)c1ccccc1SCc1ccsc1. The Labute approximate surface area is 155 Å². The minimum Gasteiger partial charge on any atom is -0.352 e. The molecule has 0 unspecified atom stereocenters. The number of rotatable bonds is 7. The molecule has 3 rings (SSSR count). The van der Waals surface area contributed by atoms with Crippen molar-refractivity contribution in [2.24, 2.45) is 0 Å². The molecule has 25 heavy (non-hydrogen) atoms. The third-order valence-corrected chi connectivity index (χ3v) is 5.62. The molecule has 128 valence electrons.